The van der Waals surface area contributed by atoms with Gasteiger partial charge in [0.15, 0.2) is 0 Å². The predicted octanol–water partition coefficient (Wildman–Crippen LogP) is 3.58. The molecule has 0 aliphatic carbocycles. The Morgan fingerprint density at radius 2 is 1.70 bits per heavy atom. The van der Waals surface area contributed by atoms with E-state index < -0.39 is 66.1 Å². The molecule has 7 atom stereocenters. The number of likely N-dealkylation sites (tertiary alicyclic amines) is 1. The molecule has 11 heteroatoms. The van der Waals surface area contributed by atoms with Crippen LogP contribution in [0.3, 0.4) is 0 Å². The molecule has 0 radical (unpaired) electrons. The van der Waals surface area contributed by atoms with Crippen LogP contribution in [0.2, 0.25) is 0 Å². The quantitative estimate of drug-likeness (QED) is 0.363. The van der Waals surface area contributed by atoms with Crippen LogP contribution in [0.5, 0.6) is 0 Å². The molecule has 0 aromatic heterocycles. The third-order valence-corrected chi connectivity index (χ3v) is 10.1. The van der Waals surface area contributed by atoms with Crippen molar-refractivity contribution in [3.8, 4) is 0 Å². The molecule has 46 heavy (non-hydrogen) atoms. The van der Waals surface area contributed by atoms with Gasteiger partial charge in [0.1, 0.15) is 24.4 Å². The summed E-state index contributed by atoms with van der Waals surface area (Å²) >= 11 is 3.60. The molecule has 0 unspecified atom stereocenters. The third-order valence-electron chi connectivity index (χ3n) is 9.41. The van der Waals surface area contributed by atoms with Crippen LogP contribution in [0.15, 0.2) is 83.4 Å². The fourth-order valence-corrected chi connectivity index (χ4v) is 7.98. The molecular formula is C35H38BrN3O7. The highest BCUT2D eigenvalue weighted by atomic mass is 79.9. The molecule has 5 bridgehead atoms. The van der Waals surface area contributed by atoms with E-state index in [2.05, 4.69) is 21.2 Å². The van der Waals surface area contributed by atoms with Gasteiger partial charge in [0.05, 0.1) is 30.5 Å². The lowest BCUT2D eigenvalue weighted by Gasteiger charge is -2.40. The summed E-state index contributed by atoms with van der Waals surface area (Å²) in [7, 11) is 0. The van der Waals surface area contributed by atoms with Crippen molar-refractivity contribution in [3.05, 3.63) is 94.5 Å². The lowest BCUT2D eigenvalue weighted by molar-refractivity contribution is -0.151. The van der Waals surface area contributed by atoms with Crippen molar-refractivity contribution in [1.82, 2.24) is 15.1 Å². The summed E-state index contributed by atoms with van der Waals surface area (Å²) in [5.41, 5.74) is -0.0593. The standard InChI is InChI=1S/C35H38BrN3O7/c1-21(2)38-17-11-5-10-16-27(41)45-20-25(22-12-6-3-7-13-22)37-32(42)28-29-33(43)39(26(19-40)23-14-8-4-9-15-23)31(34(38)44)35(29)18-24(36)30(28)46-35/h3-9,11-15,18,21,25-26,28-31,40H,10,16-17,19-20H2,1-2H3,(H,37,42)/b11-5-/t25-,26-,28-,29+,30-,31-,35+/m1/s1. The van der Waals surface area contributed by atoms with Crippen molar-refractivity contribution in [2.24, 2.45) is 11.8 Å². The summed E-state index contributed by atoms with van der Waals surface area (Å²) in [6.07, 6.45) is 5.18. The molecule has 4 aliphatic rings. The summed E-state index contributed by atoms with van der Waals surface area (Å²) in [5.74, 6) is -3.69. The van der Waals surface area contributed by atoms with Gasteiger partial charge in [-0.05, 0) is 37.5 Å². The van der Waals surface area contributed by atoms with Crippen LogP contribution in [0, 0.1) is 11.8 Å². The Balaban J connectivity index is 1.48. The first kappa shape index (κ1) is 32.2. The fraction of sp³-hybridized carbons (Fsp3) is 0.429. The average molecular weight is 693 g/mol. The molecule has 2 fully saturated rings. The van der Waals surface area contributed by atoms with Gasteiger partial charge in [-0.1, -0.05) is 88.7 Å². The van der Waals surface area contributed by atoms with Crippen molar-refractivity contribution in [2.75, 3.05) is 19.8 Å². The molecule has 2 N–H and O–H groups in total. The number of aliphatic hydroxyl groups is 1. The van der Waals surface area contributed by atoms with Gasteiger partial charge in [-0.3, -0.25) is 19.2 Å². The van der Waals surface area contributed by atoms with Crippen molar-refractivity contribution in [2.45, 2.75) is 62.6 Å². The van der Waals surface area contributed by atoms with E-state index in [-0.39, 0.29) is 31.5 Å². The summed E-state index contributed by atoms with van der Waals surface area (Å²) in [4.78, 5) is 59.5. The van der Waals surface area contributed by atoms with Crippen molar-refractivity contribution in [3.63, 3.8) is 0 Å². The SMILES string of the molecule is CC(C)N1C/C=C\CCC(=O)OC[C@H](c2ccccc2)NC(=O)[C@H]2[C@@H]3O[C@@]4(C=C3Br)[C@@H]2C(=O)N([C@H](CO)c2ccccc2)[C@@H]4C1=O. The first-order valence-corrected chi connectivity index (χ1v) is 16.5. The second-order valence-corrected chi connectivity index (χ2v) is 13.3. The number of hydrogen-bond acceptors (Lipinski definition) is 7. The number of nitrogens with one attached hydrogen (secondary N) is 1. The summed E-state index contributed by atoms with van der Waals surface area (Å²) in [6, 6.07) is 15.3. The van der Waals surface area contributed by atoms with E-state index >= 15 is 0 Å². The predicted molar refractivity (Wildman–Crippen MR) is 172 cm³/mol. The Hall–Kier alpha value is -3.80. The number of hydrogen-bond donors (Lipinski definition) is 2. The number of carbonyl (C=O) groups is 4. The first-order chi connectivity index (χ1) is 22.2. The van der Waals surface area contributed by atoms with E-state index in [0.29, 0.717) is 16.5 Å². The summed E-state index contributed by atoms with van der Waals surface area (Å²) in [6.45, 7) is 3.49. The van der Waals surface area contributed by atoms with Crippen LogP contribution in [0.4, 0.5) is 0 Å². The Morgan fingerprint density at radius 3 is 2.37 bits per heavy atom. The minimum atomic E-state index is -1.46. The van der Waals surface area contributed by atoms with Gasteiger partial charge >= 0.3 is 5.97 Å². The van der Waals surface area contributed by atoms with Crippen LogP contribution in [0.1, 0.15) is 49.9 Å². The Kier molecular flexibility index (Phi) is 9.18. The molecule has 6 rings (SSSR count). The molecule has 2 aromatic carbocycles. The van der Waals surface area contributed by atoms with Gasteiger partial charge in [-0.25, -0.2) is 0 Å². The van der Waals surface area contributed by atoms with Crippen LogP contribution in [-0.4, -0.2) is 82.1 Å². The molecule has 3 amide bonds. The molecule has 242 valence electrons. The van der Waals surface area contributed by atoms with Gasteiger partial charge in [0.25, 0.3) is 0 Å². The lowest BCUT2D eigenvalue weighted by Crippen LogP contribution is -2.58. The number of benzene rings is 2. The zero-order valence-electron chi connectivity index (χ0n) is 25.8. The van der Waals surface area contributed by atoms with E-state index in [0.717, 1.165) is 5.56 Å². The van der Waals surface area contributed by atoms with Crippen LogP contribution in [0.25, 0.3) is 0 Å². The van der Waals surface area contributed by atoms with Gasteiger partial charge < -0.3 is 29.7 Å². The maximum Gasteiger partial charge on any atom is 0.306 e. The Labute approximate surface area is 276 Å². The molecule has 10 nitrogen and oxygen atoms in total. The van der Waals surface area contributed by atoms with Crippen LogP contribution < -0.4 is 5.32 Å². The van der Waals surface area contributed by atoms with Gasteiger partial charge in [-0.15, -0.1) is 0 Å². The normalized spacial score (nSPS) is 31.4. The number of cyclic esters (lactones) is 1. The second kappa shape index (κ2) is 13.1. The molecular weight excluding hydrogens is 654 g/mol. The summed E-state index contributed by atoms with van der Waals surface area (Å²) in [5, 5.41) is 13.8. The summed E-state index contributed by atoms with van der Waals surface area (Å²) < 4.78 is 12.8. The Bertz CT molecular complexity index is 1550. The van der Waals surface area contributed by atoms with Crippen LogP contribution in [-0.2, 0) is 28.7 Å². The van der Waals surface area contributed by atoms with Crippen molar-refractivity contribution < 1.29 is 33.8 Å². The lowest BCUT2D eigenvalue weighted by atomic mass is 9.74. The number of nitrogens with zero attached hydrogens (tertiary/aromatic N) is 2. The third kappa shape index (κ3) is 5.58. The number of esters is 1. The zero-order chi connectivity index (χ0) is 32.6. The number of ether oxygens (including phenoxy) is 2. The first-order valence-electron chi connectivity index (χ1n) is 15.7. The van der Waals surface area contributed by atoms with E-state index in [9.17, 15) is 24.3 Å². The minimum absolute atomic E-state index is 0.0910. The van der Waals surface area contributed by atoms with Crippen LogP contribution >= 0.6 is 15.9 Å². The van der Waals surface area contributed by atoms with E-state index in [4.69, 9.17) is 9.47 Å². The second-order valence-electron chi connectivity index (χ2n) is 12.4. The number of aliphatic hydroxyl groups excluding tert-OH is 1. The number of fused-ring (bicyclic) bond motifs is 2. The maximum absolute atomic E-state index is 14.8. The van der Waals surface area contributed by atoms with E-state index in [1.54, 1.807) is 11.0 Å². The highest BCUT2D eigenvalue weighted by Gasteiger charge is 2.75. The number of carbonyl (C=O) groups excluding carboxylic acids is 4. The largest absolute Gasteiger partial charge is 0.463 e. The number of allylic oxidation sites excluding steroid dienone is 1. The van der Waals surface area contributed by atoms with Crippen molar-refractivity contribution in [1.29, 1.82) is 0 Å². The molecule has 1 spiro atoms. The number of amides is 3. The molecule has 4 aliphatic heterocycles. The minimum Gasteiger partial charge on any atom is -0.463 e. The smallest absolute Gasteiger partial charge is 0.306 e. The van der Waals surface area contributed by atoms with Gasteiger partial charge in [0.2, 0.25) is 17.7 Å². The Morgan fingerprint density at radius 1 is 1.00 bits per heavy atom. The molecule has 2 aromatic rings. The molecule has 2 saturated heterocycles. The van der Waals surface area contributed by atoms with E-state index in [1.165, 1.54) is 4.90 Å². The average Bonchev–Trinajstić information content (AvgIpc) is 3.64. The monoisotopic (exact) mass is 691 g/mol. The zero-order valence-corrected chi connectivity index (χ0v) is 27.3. The number of rotatable bonds is 5. The molecule has 0 saturated carbocycles. The van der Waals surface area contributed by atoms with E-state index in [1.807, 2.05) is 86.7 Å². The van der Waals surface area contributed by atoms with Gasteiger partial charge in [-0.2, -0.15) is 0 Å². The van der Waals surface area contributed by atoms with Gasteiger partial charge in [0, 0.05) is 23.5 Å². The number of halogens is 1. The molecule has 4 heterocycles. The highest BCUT2D eigenvalue weighted by molar-refractivity contribution is 9.11. The highest BCUT2D eigenvalue weighted by Crippen LogP contribution is 2.60. The fourth-order valence-electron chi connectivity index (χ4n) is 7.24. The topological polar surface area (TPSA) is 125 Å². The maximum atomic E-state index is 14.8. The van der Waals surface area contributed by atoms with Crippen molar-refractivity contribution >= 4 is 39.6 Å².